The molecule has 1 aromatic rings. The third-order valence-electron chi connectivity index (χ3n) is 2.12. The lowest BCUT2D eigenvalue weighted by atomic mass is 10.0. The standard InChI is InChI=1S/C11H14ClNO2S/c1-4-14-11(2,3)8-5-6-9(13-7-8)15-10(12)16/h5-7H,4H2,1-3H3. The number of thiocarbonyl (C=S) groups is 1. The summed E-state index contributed by atoms with van der Waals surface area (Å²) in [6.07, 6.45) is 1.69. The van der Waals surface area contributed by atoms with E-state index in [0.29, 0.717) is 12.5 Å². The van der Waals surface area contributed by atoms with Crippen molar-refractivity contribution in [3.63, 3.8) is 0 Å². The average Bonchev–Trinajstić information content (AvgIpc) is 2.17. The number of nitrogens with zero attached hydrogens (tertiary/aromatic N) is 1. The van der Waals surface area contributed by atoms with E-state index in [1.807, 2.05) is 26.8 Å². The van der Waals surface area contributed by atoms with Crippen molar-refractivity contribution in [1.82, 2.24) is 4.98 Å². The van der Waals surface area contributed by atoms with Gasteiger partial charge in [-0.15, -0.1) is 0 Å². The molecule has 0 spiro atoms. The highest BCUT2D eigenvalue weighted by Crippen LogP contribution is 2.24. The van der Waals surface area contributed by atoms with E-state index >= 15 is 0 Å². The van der Waals surface area contributed by atoms with Crippen molar-refractivity contribution in [1.29, 1.82) is 0 Å². The van der Waals surface area contributed by atoms with Crippen molar-refractivity contribution >= 4 is 28.3 Å². The number of hydrogen-bond donors (Lipinski definition) is 0. The van der Waals surface area contributed by atoms with Gasteiger partial charge in [0.1, 0.15) is 0 Å². The summed E-state index contributed by atoms with van der Waals surface area (Å²) in [7, 11) is 0. The first kappa shape index (κ1) is 13.4. The average molecular weight is 260 g/mol. The minimum Gasteiger partial charge on any atom is -0.417 e. The van der Waals surface area contributed by atoms with Gasteiger partial charge in [-0.25, -0.2) is 4.98 Å². The van der Waals surface area contributed by atoms with E-state index in [1.54, 1.807) is 12.3 Å². The molecule has 0 amide bonds. The molecular weight excluding hydrogens is 246 g/mol. The fourth-order valence-electron chi connectivity index (χ4n) is 1.32. The molecule has 88 valence electrons. The smallest absolute Gasteiger partial charge is 0.262 e. The highest BCUT2D eigenvalue weighted by molar-refractivity contribution is 7.82. The van der Waals surface area contributed by atoms with Crippen molar-refractivity contribution in [3.8, 4) is 5.88 Å². The van der Waals surface area contributed by atoms with Crippen LogP contribution in [0.25, 0.3) is 0 Å². The van der Waals surface area contributed by atoms with Gasteiger partial charge in [0, 0.05) is 24.4 Å². The molecule has 3 nitrogen and oxygen atoms in total. The molecule has 0 aromatic carbocycles. The van der Waals surface area contributed by atoms with Crippen LogP contribution >= 0.6 is 23.8 Å². The van der Waals surface area contributed by atoms with E-state index in [9.17, 15) is 0 Å². The van der Waals surface area contributed by atoms with E-state index in [0.717, 1.165) is 5.56 Å². The predicted octanol–water partition coefficient (Wildman–Crippen LogP) is 3.26. The molecule has 16 heavy (non-hydrogen) atoms. The molecule has 0 aliphatic heterocycles. The maximum absolute atomic E-state index is 5.60. The van der Waals surface area contributed by atoms with E-state index in [2.05, 4.69) is 17.2 Å². The summed E-state index contributed by atoms with van der Waals surface area (Å²) in [4.78, 5) is 4.09. The van der Waals surface area contributed by atoms with Crippen LogP contribution in [0.5, 0.6) is 5.88 Å². The Kier molecular flexibility index (Phi) is 4.65. The number of hydrogen-bond acceptors (Lipinski definition) is 4. The Balaban J connectivity index is 2.81. The van der Waals surface area contributed by atoms with E-state index in [1.165, 1.54) is 0 Å². The van der Waals surface area contributed by atoms with Gasteiger partial charge in [0.2, 0.25) is 5.88 Å². The summed E-state index contributed by atoms with van der Waals surface area (Å²) >= 11 is 10.0. The molecule has 0 fully saturated rings. The van der Waals surface area contributed by atoms with Crippen molar-refractivity contribution in [2.24, 2.45) is 0 Å². The van der Waals surface area contributed by atoms with Crippen LogP contribution in [0.3, 0.4) is 0 Å². The summed E-state index contributed by atoms with van der Waals surface area (Å²) in [5.41, 5.74) is 0.615. The van der Waals surface area contributed by atoms with Gasteiger partial charge in [0.25, 0.3) is 4.51 Å². The molecule has 0 radical (unpaired) electrons. The monoisotopic (exact) mass is 259 g/mol. The van der Waals surface area contributed by atoms with E-state index < -0.39 is 0 Å². The molecule has 5 heteroatoms. The summed E-state index contributed by atoms with van der Waals surface area (Å²) in [5, 5.41) is 0. The lowest BCUT2D eigenvalue weighted by Gasteiger charge is -2.24. The molecule has 0 bridgehead atoms. The maximum atomic E-state index is 5.60. The number of aromatic nitrogens is 1. The summed E-state index contributed by atoms with van der Waals surface area (Å²) < 4.78 is 10.5. The molecule has 1 heterocycles. The van der Waals surface area contributed by atoms with E-state index in [4.69, 9.17) is 21.1 Å². The number of ether oxygens (including phenoxy) is 2. The summed E-state index contributed by atoms with van der Waals surface area (Å²) in [6.45, 7) is 6.58. The molecule has 0 aliphatic rings. The lowest BCUT2D eigenvalue weighted by Crippen LogP contribution is -2.21. The summed E-state index contributed by atoms with van der Waals surface area (Å²) in [6, 6.07) is 3.60. The van der Waals surface area contributed by atoms with Gasteiger partial charge < -0.3 is 9.47 Å². The fourth-order valence-corrected chi connectivity index (χ4v) is 1.49. The zero-order valence-corrected chi connectivity index (χ0v) is 11.1. The zero-order valence-electron chi connectivity index (χ0n) is 9.49. The Morgan fingerprint density at radius 1 is 1.50 bits per heavy atom. The highest BCUT2D eigenvalue weighted by Gasteiger charge is 2.20. The molecule has 1 aromatic heterocycles. The van der Waals surface area contributed by atoms with Crippen LogP contribution in [-0.2, 0) is 10.3 Å². The van der Waals surface area contributed by atoms with Gasteiger partial charge in [0.15, 0.2) is 0 Å². The molecular formula is C11H14ClNO2S. The second kappa shape index (κ2) is 5.57. The first-order chi connectivity index (χ1) is 7.45. The molecule has 0 atom stereocenters. The molecule has 0 aliphatic carbocycles. The second-order valence-electron chi connectivity index (χ2n) is 3.67. The Hall–Kier alpha value is -0.710. The quantitative estimate of drug-likeness (QED) is 0.614. The largest absolute Gasteiger partial charge is 0.417 e. The molecule has 0 saturated carbocycles. The Labute approximate surface area is 106 Å². The number of halogens is 1. The van der Waals surface area contributed by atoms with Crippen LogP contribution in [-0.4, -0.2) is 16.1 Å². The van der Waals surface area contributed by atoms with Crippen molar-refractivity contribution < 1.29 is 9.47 Å². The topological polar surface area (TPSA) is 31.4 Å². The van der Waals surface area contributed by atoms with Crippen LogP contribution in [0.15, 0.2) is 18.3 Å². The van der Waals surface area contributed by atoms with Gasteiger partial charge in [0.05, 0.1) is 5.60 Å². The lowest BCUT2D eigenvalue weighted by molar-refractivity contribution is -0.0142. The predicted molar refractivity (Wildman–Crippen MR) is 68.0 cm³/mol. The third-order valence-corrected chi connectivity index (χ3v) is 2.28. The van der Waals surface area contributed by atoms with Crippen LogP contribution in [0.4, 0.5) is 0 Å². The zero-order chi connectivity index (χ0) is 12.2. The fraction of sp³-hybridized carbons (Fsp3) is 0.455. The van der Waals surface area contributed by atoms with Gasteiger partial charge in [-0.05, 0) is 50.7 Å². The van der Waals surface area contributed by atoms with Gasteiger partial charge >= 0.3 is 0 Å². The molecule has 0 N–H and O–H groups in total. The Bertz CT molecular complexity index is 365. The van der Waals surface area contributed by atoms with Crippen LogP contribution < -0.4 is 4.74 Å². The molecule has 0 unspecified atom stereocenters. The first-order valence-corrected chi connectivity index (χ1v) is 5.72. The maximum Gasteiger partial charge on any atom is 0.262 e. The van der Waals surface area contributed by atoms with Gasteiger partial charge in [-0.2, -0.15) is 0 Å². The SMILES string of the molecule is CCOC(C)(C)c1ccc(OC(=S)Cl)nc1. The number of pyridine rings is 1. The van der Waals surface area contributed by atoms with Crippen molar-refractivity contribution in [2.75, 3.05) is 6.61 Å². The molecule has 1 rings (SSSR count). The van der Waals surface area contributed by atoms with Crippen LogP contribution in [0.1, 0.15) is 26.3 Å². The van der Waals surface area contributed by atoms with Gasteiger partial charge in [-0.3, -0.25) is 0 Å². The van der Waals surface area contributed by atoms with E-state index in [-0.39, 0.29) is 10.1 Å². The van der Waals surface area contributed by atoms with Crippen LogP contribution in [0.2, 0.25) is 0 Å². The third kappa shape index (κ3) is 3.70. The number of rotatable bonds is 4. The second-order valence-corrected chi connectivity index (χ2v) is 4.61. The first-order valence-electron chi connectivity index (χ1n) is 4.93. The summed E-state index contributed by atoms with van der Waals surface area (Å²) in [5.74, 6) is 0.385. The Morgan fingerprint density at radius 2 is 2.19 bits per heavy atom. The van der Waals surface area contributed by atoms with Crippen LogP contribution in [0, 0.1) is 0 Å². The minimum atomic E-state index is -0.359. The molecule has 0 saturated heterocycles. The minimum absolute atomic E-state index is 0.0654. The Morgan fingerprint density at radius 3 is 2.62 bits per heavy atom. The normalized spacial score (nSPS) is 11.2. The van der Waals surface area contributed by atoms with Crippen molar-refractivity contribution in [2.45, 2.75) is 26.4 Å². The van der Waals surface area contributed by atoms with Crippen molar-refractivity contribution in [3.05, 3.63) is 23.9 Å². The van der Waals surface area contributed by atoms with Gasteiger partial charge in [-0.1, -0.05) is 0 Å². The highest BCUT2D eigenvalue weighted by atomic mass is 35.5.